The molecule has 0 aromatic carbocycles. The first-order chi connectivity index (χ1) is 11.4. The molecular weight excluding hydrogens is 300 g/mol. The SMILES string of the molecule is CN=C(C)N1C(=N)C=CC2C1C=C(C)N2CC1CC(=O)C=CC1C. The zero-order chi connectivity index (χ0) is 17.4. The summed E-state index contributed by atoms with van der Waals surface area (Å²) < 4.78 is 0. The fraction of sp³-hybridized carbons (Fsp3) is 0.526. The minimum Gasteiger partial charge on any atom is -0.366 e. The van der Waals surface area contributed by atoms with E-state index in [-0.39, 0.29) is 17.9 Å². The molecule has 4 atom stereocenters. The molecule has 0 radical (unpaired) electrons. The van der Waals surface area contributed by atoms with Gasteiger partial charge >= 0.3 is 0 Å². The maximum Gasteiger partial charge on any atom is 0.155 e. The van der Waals surface area contributed by atoms with Gasteiger partial charge in [-0.15, -0.1) is 0 Å². The van der Waals surface area contributed by atoms with Gasteiger partial charge in [0, 0.05) is 25.7 Å². The number of allylic oxidation sites excluding steroid dienone is 3. The van der Waals surface area contributed by atoms with E-state index in [2.05, 4.69) is 35.9 Å². The first-order valence-corrected chi connectivity index (χ1v) is 8.58. The Labute approximate surface area is 143 Å². The molecule has 2 aliphatic heterocycles. The van der Waals surface area contributed by atoms with Crippen molar-refractivity contribution in [1.29, 1.82) is 5.41 Å². The number of carbonyl (C=O) groups is 1. The molecule has 0 aromatic heterocycles. The zero-order valence-electron chi connectivity index (χ0n) is 14.9. The molecular formula is C19H26N4O. The Hall–Kier alpha value is -2.17. The fourth-order valence-corrected chi connectivity index (χ4v) is 3.91. The highest BCUT2D eigenvalue weighted by molar-refractivity contribution is 6.05. The van der Waals surface area contributed by atoms with Crippen LogP contribution in [0, 0.1) is 17.2 Å². The van der Waals surface area contributed by atoms with Gasteiger partial charge in [-0.2, -0.15) is 0 Å². The maximum atomic E-state index is 11.8. The van der Waals surface area contributed by atoms with Crippen molar-refractivity contribution in [3.05, 3.63) is 36.1 Å². The molecule has 5 heteroatoms. The average Bonchev–Trinajstić information content (AvgIpc) is 2.86. The van der Waals surface area contributed by atoms with E-state index in [9.17, 15) is 4.79 Å². The molecule has 0 bridgehead atoms. The lowest BCUT2D eigenvalue weighted by Crippen LogP contribution is -2.52. The predicted molar refractivity (Wildman–Crippen MR) is 97.2 cm³/mol. The normalized spacial score (nSPS) is 33.2. The van der Waals surface area contributed by atoms with E-state index in [1.807, 2.05) is 24.0 Å². The van der Waals surface area contributed by atoms with Gasteiger partial charge in [0.1, 0.15) is 11.7 Å². The smallest absolute Gasteiger partial charge is 0.155 e. The predicted octanol–water partition coefficient (Wildman–Crippen LogP) is 2.62. The van der Waals surface area contributed by atoms with E-state index < -0.39 is 0 Å². The Balaban J connectivity index is 1.83. The van der Waals surface area contributed by atoms with Crippen molar-refractivity contribution in [3.63, 3.8) is 0 Å². The highest BCUT2D eigenvalue weighted by Gasteiger charge is 2.40. The molecule has 0 saturated heterocycles. The largest absolute Gasteiger partial charge is 0.366 e. The van der Waals surface area contributed by atoms with Crippen LogP contribution in [0.3, 0.4) is 0 Å². The number of amidine groups is 2. The molecule has 4 unspecified atom stereocenters. The second-order valence-corrected chi connectivity index (χ2v) is 6.98. The number of ketones is 1. The van der Waals surface area contributed by atoms with Crippen molar-refractivity contribution in [2.24, 2.45) is 16.8 Å². The van der Waals surface area contributed by atoms with Crippen LogP contribution in [0.2, 0.25) is 0 Å². The molecule has 0 amide bonds. The third kappa shape index (κ3) is 2.83. The van der Waals surface area contributed by atoms with Crippen molar-refractivity contribution < 1.29 is 4.79 Å². The Morgan fingerprint density at radius 3 is 2.79 bits per heavy atom. The summed E-state index contributed by atoms with van der Waals surface area (Å²) in [6.07, 6.45) is 10.6. The molecule has 0 spiro atoms. The van der Waals surface area contributed by atoms with Crippen LogP contribution in [0.15, 0.2) is 41.1 Å². The molecule has 128 valence electrons. The van der Waals surface area contributed by atoms with Crippen LogP contribution >= 0.6 is 0 Å². The van der Waals surface area contributed by atoms with Gasteiger partial charge in [-0.1, -0.05) is 19.1 Å². The minimum absolute atomic E-state index is 0.108. The number of aliphatic imine (C=N–C) groups is 1. The number of nitrogens with zero attached hydrogens (tertiary/aromatic N) is 3. The first-order valence-electron chi connectivity index (χ1n) is 8.58. The van der Waals surface area contributed by atoms with Crippen LogP contribution in [0.5, 0.6) is 0 Å². The summed E-state index contributed by atoms with van der Waals surface area (Å²) in [6, 6.07) is 0.306. The average molecular weight is 326 g/mol. The van der Waals surface area contributed by atoms with Gasteiger partial charge in [-0.05, 0) is 43.9 Å². The Morgan fingerprint density at radius 1 is 1.33 bits per heavy atom. The second-order valence-electron chi connectivity index (χ2n) is 6.98. The van der Waals surface area contributed by atoms with E-state index in [1.54, 1.807) is 13.1 Å². The lowest BCUT2D eigenvalue weighted by atomic mass is 9.84. The standard InChI is InChI=1S/C19H26N4O/c1-12-5-6-16(24)10-15(12)11-22-13(2)9-18-17(22)7-8-19(20)23(18)14(3)21-4/h5-9,12,15,17-18,20H,10-11H2,1-4H3. The summed E-state index contributed by atoms with van der Waals surface area (Å²) in [4.78, 5) is 20.4. The highest BCUT2D eigenvalue weighted by Crippen LogP contribution is 2.33. The van der Waals surface area contributed by atoms with Crippen LogP contribution in [0.4, 0.5) is 0 Å². The number of hydrogen-bond acceptors (Lipinski definition) is 4. The van der Waals surface area contributed by atoms with Crippen LogP contribution in [0.25, 0.3) is 0 Å². The maximum absolute atomic E-state index is 11.8. The summed E-state index contributed by atoms with van der Waals surface area (Å²) in [6.45, 7) is 7.13. The van der Waals surface area contributed by atoms with Crippen molar-refractivity contribution in [2.75, 3.05) is 13.6 Å². The Bertz CT molecular complexity index is 673. The quantitative estimate of drug-likeness (QED) is 0.627. The minimum atomic E-state index is 0.108. The van der Waals surface area contributed by atoms with Gasteiger partial charge in [0.25, 0.3) is 0 Å². The molecule has 0 fully saturated rings. The number of rotatable bonds is 2. The van der Waals surface area contributed by atoms with Gasteiger partial charge < -0.3 is 9.80 Å². The molecule has 3 aliphatic rings. The molecule has 0 aromatic rings. The van der Waals surface area contributed by atoms with Gasteiger partial charge in [-0.3, -0.25) is 15.2 Å². The summed E-state index contributed by atoms with van der Waals surface area (Å²) in [5.74, 6) is 2.32. The summed E-state index contributed by atoms with van der Waals surface area (Å²) in [5, 5.41) is 8.23. The molecule has 1 N–H and O–H groups in total. The summed E-state index contributed by atoms with van der Waals surface area (Å²) in [5.41, 5.74) is 1.22. The molecule has 1 aliphatic carbocycles. The number of nitrogens with one attached hydrogen (secondary N) is 1. The Kier molecular flexibility index (Phi) is 4.43. The van der Waals surface area contributed by atoms with Crippen molar-refractivity contribution in [1.82, 2.24) is 9.80 Å². The zero-order valence-corrected chi connectivity index (χ0v) is 14.9. The van der Waals surface area contributed by atoms with Gasteiger partial charge in [0.05, 0.1) is 12.1 Å². The van der Waals surface area contributed by atoms with E-state index in [1.165, 1.54) is 5.70 Å². The molecule has 2 heterocycles. The topological polar surface area (TPSA) is 59.8 Å². The van der Waals surface area contributed by atoms with E-state index >= 15 is 0 Å². The van der Waals surface area contributed by atoms with E-state index in [0.29, 0.717) is 24.1 Å². The highest BCUT2D eigenvalue weighted by atomic mass is 16.1. The lowest BCUT2D eigenvalue weighted by Gasteiger charge is -2.40. The van der Waals surface area contributed by atoms with E-state index in [0.717, 1.165) is 12.4 Å². The molecule has 24 heavy (non-hydrogen) atoms. The fourth-order valence-electron chi connectivity index (χ4n) is 3.91. The van der Waals surface area contributed by atoms with E-state index in [4.69, 9.17) is 5.41 Å². The number of fused-ring (bicyclic) bond motifs is 1. The monoisotopic (exact) mass is 326 g/mol. The molecule has 3 rings (SSSR count). The van der Waals surface area contributed by atoms with Crippen molar-refractivity contribution >= 4 is 17.5 Å². The van der Waals surface area contributed by atoms with Crippen LogP contribution < -0.4 is 0 Å². The number of hydrogen-bond donors (Lipinski definition) is 1. The van der Waals surface area contributed by atoms with Crippen LogP contribution in [-0.4, -0.2) is 52.9 Å². The van der Waals surface area contributed by atoms with Gasteiger partial charge in [0.15, 0.2) is 5.78 Å². The van der Waals surface area contributed by atoms with Crippen LogP contribution in [-0.2, 0) is 4.79 Å². The molecule has 5 nitrogen and oxygen atoms in total. The number of carbonyl (C=O) groups excluding carboxylic acids is 1. The summed E-state index contributed by atoms with van der Waals surface area (Å²) in [7, 11) is 1.76. The summed E-state index contributed by atoms with van der Waals surface area (Å²) >= 11 is 0. The second kappa shape index (κ2) is 6.38. The van der Waals surface area contributed by atoms with Crippen molar-refractivity contribution in [2.45, 2.75) is 39.3 Å². The molecule has 0 saturated carbocycles. The lowest BCUT2D eigenvalue weighted by molar-refractivity contribution is -0.116. The van der Waals surface area contributed by atoms with Gasteiger partial charge in [0.2, 0.25) is 0 Å². The third-order valence-electron chi connectivity index (χ3n) is 5.48. The van der Waals surface area contributed by atoms with Crippen LogP contribution in [0.1, 0.15) is 27.2 Å². The first kappa shape index (κ1) is 16.7. The third-order valence-corrected chi connectivity index (χ3v) is 5.48. The Morgan fingerprint density at radius 2 is 2.08 bits per heavy atom. The van der Waals surface area contributed by atoms with Gasteiger partial charge in [-0.25, -0.2) is 0 Å². The van der Waals surface area contributed by atoms with Crippen molar-refractivity contribution in [3.8, 4) is 0 Å².